The molecule has 0 spiro atoms. The van der Waals surface area contributed by atoms with Crippen LogP contribution in [0.2, 0.25) is 0 Å². The molecule has 2 N–H and O–H groups in total. The van der Waals surface area contributed by atoms with E-state index in [-0.39, 0.29) is 30.3 Å². The second-order valence-corrected chi connectivity index (χ2v) is 9.80. The molecule has 1 amide bonds. The third-order valence-electron chi connectivity index (χ3n) is 5.86. The zero-order valence-corrected chi connectivity index (χ0v) is 20.2. The minimum atomic E-state index is -4.48. The van der Waals surface area contributed by atoms with Gasteiger partial charge in [-0.05, 0) is 39.8 Å². The number of rotatable bonds is 6. The maximum atomic E-state index is 12.6. The van der Waals surface area contributed by atoms with Crippen molar-refractivity contribution < 1.29 is 27.4 Å². The number of likely N-dealkylation sites (N-methyl/N-ethyl adjacent to an activating group) is 1. The van der Waals surface area contributed by atoms with Crippen molar-refractivity contribution >= 4 is 23.4 Å². The van der Waals surface area contributed by atoms with Gasteiger partial charge in [-0.15, -0.1) is 0 Å². The minimum absolute atomic E-state index is 0.0448. The minimum Gasteiger partial charge on any atom is -0.489 e. The quantitative estimate of drug-likeness (QED) is 0.626. The van der Waals surface area contributed by atoms with Crippen molar-refractivity contribution in [2.24, 2.45) is 0 Å². The van der Waals surface area contributed by atoms with E-state index in [1.807, 2.05) is 20.8 Å². The maximum absolute atomic E-state index is 12.6. The van der Waals surface area contributed by atoms with Gasteiger partial charge in [0.25, 0.3) is 0 Å². The lowest BCUT2D eigenvalue weighted by Gasteiger charge is -2.37. The highest BCUT2D eigenvalue weighted by atomic mass is 19.4. The Labute approximate surface area is 201 Å². The van der Waals surface area contributed by atoms with Gasteiger partial charge in [0.2, 0.25) is 11.9 Å². The Morgan fingerprint density at radius 3 is 2.51 bits per heavy atom. The first-order valence-corrected chi connectivity index (χ1v) is 11.3. The molecule has 0 aromatic carbocycles. The number of carbonyl (C=O) groups is 1. The summed E-state index contributed by atoms with van der Waals surface area (Å²) in [5, 5.41) is 6.17. The van der Waals surface area contributed by atoms with E-state index in [1.54, 1.807) is 18.9 Å². The number of nitrogens with one attached hydrogen (secondary N) is 2. The van der Waals surface area contributed by atoms with Crippen molar-refractivity contribution in [3.05, 3.63) is 29.7 Å². The number of aryl methyl sites for hydroxylation is 1. The molecule has 1 aliphatic heterocycles. The molecule has 2 aromatic rings. The van der Waals surface area contributed by atoms with Gasteiger partial charge in [-0.3, -0.25) is 4.79 Å². The van der Waals surface area contributed by atoms with Crippen molar-refractivity contribution in [1.29, 1.82) is 0 Å². The smallest absolute Gasteiger partial charge is 0.433 e. The Morgan fingerprint density at radius 2 is 1.91 bits per heavy atom. The summed E-state index contributed by atoms with van der Waals surface area (Å²) in [4.78, 5) is 26.9. The highest BCUT2D eigenvalue weighted by Crippen LogP contribution is 2.35. The average molecular weight is 495 g/mol. The van der Waals surface area contributed by atoms with Gasteiger partial charge in [-0.25, -0.2) is 9.97 Å². The number of amides is 1. The monoisotopic (exact) mass is 494 g/mol. The number of pyridine rings is 1. The van der Waals surface area contributed by atoms with Gasteiger partial charge >= 0.3 is 6.18 Å². The van der Waals surface area contributed by atoms with Crippen LogP contribution in [0.15, 0.2) is 18.3 Å². The molecule has 0 unspecified atom stereocenters. The van der Waals surface area contributed by atoms with Gasteiger partial charge in [0.1, 0.15) is 29.3 Å². The van der Waals surface area contributed by atoms with E-state index in [9.17, 15) is 18.0 Å². The van der Waals surface area contributed by atoms with Crippen molar-refractivity contribution in [3.8, 4) is 5.75 Å². The SMILES string of the molecule is Cc1nc(NC2CC(Oc3ccc(C(F)(F)F)nc3)C2)nc2c1NC(=O)[C@H](COC(C)(C)C)N2C. The van der Waals surface area contributed by atoms with Gasteiger partial charge in [0.15, 0.2) is 5.82 Å². The first-order chi connectivity index (χ1) is 16.3. The van der Waals surface area contributed by atoms with Crippen molar-refractivity contribution in [2.45, 2.75) is 70.5 Å². The third kappa shape index (κ3) is 5.75. The van der Waals surface area contributed by atoms with Crippen molar-refractivity contribution in [2.75, 3.05) is 29.2 Å². The lowest BCUT2D eigenvalue weighted by Crippen LogP contribution is -2.50. The normalized spacial score (nSPS) is 22.2. The van der Waals surface area contributed by atoms with E-state index in [1.165, 1.54) is 6.07 Å². The van der Waals surface area contributed by atoms with Crippen LogP contribution in [0.25, 0.3) is 0 Å². The molecule has 3 heterocycles. The Balaban J connectivity index is 1.36. The van der Waals surface area contributed by atoms with Crippen molar-refractivity contribution in [3.63, 3.8) is 0 Å². The molecule has 9 nitrogen and oxygen atoms in total. The first kappa shape index (κ1) is 25.0. The molecule has 4 rings (SSSR count). The van der Waals surface area contributed by atoms with Gasteiger partial charge in [0, 0.05) is 25.9 Å². The summed E-state index contributed by atoms with van der Waals surface area (Å²) >= 11 is 0. The van der Waals surface area contributed by atoms with Crippen LogP contribution < -0.4 is 20.3 Å². The van der Waals surface area contributed by atoms with E-state index >= 15 is 0 Å². The fourth-order valence-electron chi connectivity index (χ4n) is 3.84. The summed E-state index contributed by atoms with van der Waals surface area (Å²) in [5.74, 6) is 1.15. The van der Waals surface area contributed by atoms with Crippen LogP contribution in [-0.4, -0.2) is 58.3 Å². The second kappa shape index (κ2) is 9.14. The topological polar surface area (TPSA) is 102 Å². The third-order valence-corrected chi connectivity index (χ3v) is 5.86. The molecular formula is C23H29F3N6O3. The van der Waals surface area contributed by atoms with E-state index < -0.39 is 17.9 Å². The maximum Gasteiger partial charge on any atom is 0.433 e. The summed E-state index contributed by atoms with van der Waals surface area (Å²) in [6.07, 6.45) is -2.27. The van der Waals surface area contributed by atoms with Crippen LogP contribution in [0.4, 0.5) is 30.6 Å². The van der Waals surface area contributed by atoms with Crippen molar-refractivity contribution in [1.82, 2.24) is 15.0 Å². The Bertz CT molecular complexity index is 1080. The molecule has 35 heavy (non-hydrogen) atoms. The molecule has 2 aliphatic rings. The fourth-order valence-corrected chi connectivity index (χ4v) is 3.84. The summed E-state index contributed by atoms with van der Waals surface area (Å²) in [7, 11) is 1.80. The van der Waals surface area contributed by atoms with Crippen LogP contribution in [0, 0.1) is 6.92 Å². The zero-order valence-electron chi connectivity index (χ0n) is 20.2. The number of carbonyl (C=O) groups excluding carboxylic acids is 1. The molecule has 190 valence electrons. The number of aromatic nitrogens is 3. The highest BCUT2D eigenvalue weighted by Gasteiger charge is 2.36. The number of hydrogen-bond donors (Lipinski definition) is 2. The van der Waals surface area contributed by atoms with Crippen LogP contribution in [0.5, 0.6) is 5.75 Å². The molecule has 12 heteroatoms. The Kier molecular flexibility index (Phi) is 6.52. The van der Waals surface area contributed by atoms with E-state index in [4.69, 9.17) is 9.47 Å². The van der Waals surface area contributed by atoms with Gasteiger partial charge in [-0.1, -0.05) is 0 Å². The zero-order chi connectivity index (χ0) is 25.5. The molecule has 0 saturated heterocycles. The number of fused-ring (bicyclic) bond motifs is 1. The molecule has 1 atom stereocenters. The highest BCUT2D eigenvalue weighted by molar-refractivity contribution is 6.03. The Morgan fingerprint density at radius 1 is 1.20 bits per heavy atom. The van der Waals surface area contributed by atoms with Gasteiger partial charge in [0.05, 0.1) is 24.1 Å². The standard InChI is InChI=1S/C23H29F3N6O3/c1-12-18-19(32(5)16(20(33)30-18)11-34-22(2,3)4)31-21(28-12)29-13-8-15(9-13)35-14-6-7-17(27-10-14)23(24,25)26/h6-7,10,13,15-16H,8-9,11H2,1-5H3,(H,30,33)(H,28,29,31)/t13?,15?,16-/m0/s1. The molecule has 0 radical (unpaired) electrons. The lowest BCUT2D eigenvalue weighted by atomic mass is 9.89. The number of alkyl halides is 3. The number of hydrogen-bond acceptors (Lipinski definition) is 8. The number of anilines is 3. The van der Waals surface area contributed by atoms with E-state index in [0.717, 1.165) is 12.3 Å². The largest absolute Gasteiger partial charge is 0.489 e. The fraction of sp³-hybridized carbons (Fsp3) is 0.565. The van der Waals surface area contributed by atoms with Crippen LogP contribution in [-0.2, 0) is 15.7 Å². The lowest BCUT2D eigenvalue weighted by molar-refractivity contribution is -0.141. The average Bonchev–Trinajstić information content (AvgIpc) is 2.72. The van der Waals surface area contributed by atoms with Gasteiger partial charge in [-0.2, -0.15) is 18.2 Å². The molecule has 1 aliphatic carbocycles. The van der Waals surface area contributed by atoms with E-state index in [2.05, 4.69) is 25.6 Å². The summed E-state index contributed by atoms with van der Waals surface area (Å²) in [5.41, 5.74) is -0.128. The molecule has 1 saturated carbocycles. The summed E-state index contributed by atoms with van der Waals surface area (Å²) < 4.78 is 49.5. The summed E-state index contributed by atoms with van der Waals surface area (Å²) in [6.45, 7) is 7.81. The molecular weight excluding hydrogens is 465 g/mol. The number of nitrogens with zero attached hydrogens (tertiary/aromatic N) is 4. The summed E-state index contributed by atoms with van der Waals surface area (Å²) in [6, 6.07) is 1.70. The Hall–Kier alpha value is -3.15. The molecule has 2 aromatic heterocycles. The van der Waals surface area contributed by atoms with Crippen LogP contribution >= 0.6 is 0 Å². The van der Waals surface area contributed by atoms with Gasteiger partial charge < -0.3 is 25.0 Å². The predicted molar refractivity (Wildman–Crippen MR) is 124 cm³/mol. The predicted octanol–water partition coefficient (Wildman–Crippen LogP) is 3.79. The van der Waals surface area contributed by atoms with Crippen LogP contribution in [0.1, 0.15) is 45.0 Å². The number of halogens is 3. The van der Waals surface area contributed by atoms with E-state index in [0.29, 0.717) is 41.7 Å². The molecule has 1 fully saturated rings. The first-order valence-electron chi connectivity index (χ1n) is 11.3. The van der Waals surface area contributed by atoms with Crippen LogP contribution in [0.3, 0.4) is 0 Å². The number of ether oxygens (including phenoxy) is 2. The molecule has 0 bridgehead atoms. The second-order valence-electron chi connectivity index (χ2n) is 9.80.